The summed E-state index contributed by atoms with van der Waals surface area (Å²) in [5.74, 6) is -0.0495. The summed E-state index contributed by atoms with van der Waals surface area (Å²) in [5.41, 5.74) is 4.91. The molecule has 3 aromatic rings. The lowest BCUT2D eigenvalue weighted by molar-refractivity contribution is -0.116. The van der Waals surface area contributed by atoms with Crippen molar-refractivity contribution in [1.29, 1.82) is 0 Å². The molecule has 0 atom stereocenters. The number of carbonyl (C=O) groups is 1. The summed E-state index contributed by atoms with van der Waals surface area (Å²) in [4.78, 5) is 21.1. The van der Waals surface area contributed by atoms with Crippen LogP contribution in [-0.2, 0) is 4.79 Å². The van der Waals surface area contributed by atoms with Crippen molar-refractivity contribution < 1.29 is 4.79 Å². The molecule has 180 valence electrons. The first-order valence-corrected chi connectivity index (χ1v) is 12.4. The maximum Gasteiger partial charge on any atom is 0.243 e. The normalized spacial score (nSPS) is 14.6. The minimum atomic E-state index is -0.0495. The molecule has 0 unspecified atom stereocenters. The second-order valence-corrected chi connectivity index (χ2v) is 8.71. The van der Waals surface area contributed by atoms with E-state index in [1.165, 1.54) is 16.8 Å². The first-order valence-electron chi connectivity index (χ1n) is 12.4. The number of para-hydroxylation sites is 1. The average molecular weight is 467 g/mol. The van der Waals surface area contributed by atoms with E-state index in [-0.39, 0.29) is 5.91 Å². The van der Waals surface area contributed by atoms with Crippen molar-refractivity contribution in [2.75, 3.05) is 44.2 Å². The van der Waals surface area contributed by atoms with E-state index in [0.717, 1.165) is 51.1 Å². The molecule has 1 saturated heterocycles. The lowest BCUT2D eigenvalue weighted by Gasteiger charge is -2.37. The first kappa shape index (κ1) is 24.4. The standard InChI is InChI=1S/C30H34N4O/c35-30(17-7-4-11-26-12-10-18-31-25-26)32-19-8-9-20-33-21-23-34(24-22-33)29-16-6-5-15-28(29)27-13-2-1-3-14-27/h1-7,10-18,25H,8-9,19-24H2,(H,32,35). The van der Waals surface area contributed by atoms with Crippen LogP contribution in [0.4, 0.5) is 5.69 Å². The highest BCUT2D eigenvalue weighted by atomic mass is 16.1. The van der Waals surface area contributed by atoms with Gasteiger partial charge in [-0.1, -0.05) is 72.8 Å². The maximum atomic E-state index is 12.0. The molecule has 1 aromatic heterocycles. The molecular formula is C30H34N4O. The third-order valence-corrected chi connectivity index (χ3v) is 6.23. The number of carbonyl (C=O) groups excluding carboxylic acids is 1. The molecule has 1 fully saturated rings. The lowest BCUT2D eigenvalue weighted by Crippen LogP contribution is -2.46. The van der Waals surface area contributed by atoms with Gasteiger partial charge in [0, 0.05) is 62.4 Å². The molecule has 0 spiro atoms. The monoisotopic (exact) mass is 466 g/mol. The van der Waals surface area contributed by atoms with Gasteiger partial charge in [-0.05, 0) is 42.6 Å². The Kier molecular flexibility index (Phi) is 9.25. The Morgan fingerprint density at radius 2 is 1.69 bits per heavy atom. The van der Waals surface area contributed by atoms with Crippen LogP contribution in [-0.4, -0.2) is 55.1 Å². The summed E-state index contributed by atoms with van der Waals surface area (Å²) in [6, 6.07) is 23.2. The minimum Gasteiger partial charge on any atom is -0.368 e. The third-order valence-electron chi connectivity index (χ3n) is 6.23. The van der Waals surface area contributed by atoms with Crippen molar-refractivity contribution in [2.24, 2.45) is 0 Å². The molecule has 1 aliphatic heterocycles. The van der Waals surface area contributed by atoms with Crippen LogP contribution in [0.25, 0.3) is 17.2 Å². The summed E-state index contributed by atoms with van der Waals surface area (Å²) in [6.07, 6.45) is 12.7. The number of allylic oxidation sites excluding steroid dienone is 2. The summed E-state index contributed by atoms with van der Waals surface area (Å²) in [7, 11) is 0. The van der Waals surface area contributed by atoms with Crippen LogP contribution in [0.5, 0.6) is 0 Å². The summed E-state index contributed by atoms with van der Waals surface area (Å²) in [5, 5.41) is 2.97. The Bertz CT molecular complexity index is 1100. The molecule has 2 aromatic carbocycles. The van der Waals surface area contributed by atoms with Gasteiger partial charge in [0.2, 0.25) is 5.91 Å². The molecular weight excluding hydrogens is 432 g/mol. The second kappa shape index (κ2) is 13.3. The molecule has 0 bridgehead atoms. The molecule has 1 amide bonds. The fourth-order valence-corrected chi connectivity index (χ4v) is 4.34. The van der Waals surface area contributed by atoms with Crippen LogP contribution in [0, 0.1) is 0 Å². The quantitative estimate of drug-likeness (QED) is 0.258. The van der Waals surface area contributed by atoms with Gasteiger partial charge in [-0.25, -0.2) is 0 Å². The van der Waals surface area contributed by atoms with Gasteiger partial charge in [-0.3, -0.25) is 14.7 Å². The third kappa shape index (κ3) is 7.66. The number of nitrogens with zero attached hydrogens (tertiary/aromatic N) is 3. The topological polar surface area (TPSA) is 48.5 Å². The van der Waals surface area contributed by atoms with Crippen molar-refractivity contribution in [2.45, 2.75) is 12.8 Å². The van der Waals surface area contributed by atoms with Crippen LogP contribution < -0.4 is 10.2 Å². The number of pyridine rings is 1. The van der Waals surface area contributed by atoms with Gasteiger partial charge in [0.15, 0.2) is 0 Å². The fraction of sp³-hybridized carbons (Fsp3) is 0.267. The molecule has 0 radical (unpaired) electrons. The zero-order valence-electron chi connectivity index (χ0n) is 20.2. The number of aromatic nitrogens is 1. The van der Waals surface area contributed by atoms with E-state index < -0.39 is 0 Å². The first-order chi connectivity index (χ1) is 17.3. The number of unbranched alkanes of at least 4 members (excludes halogenated alkanes) is 1. The number of anilines is 1. The molecule has 5 nitrogen and oxygen atoms in total. The number of nitrogens with one attached hydrogen (secondary N) is 1. The Morgan fingerprint density at radius 3 is 2.49 bits per heavy atom. The SMILES string of the molecule is O=C(C=CC=Cc1cccnc1)NCCCCN1CCN(c2ccccc2-c2ccccc2)CC1. The van der Waals surface area contributed by atoms with Gasteiger partial charge < -0.3 is 10.2 Å². The maximum absolute atomic E-state index is 12.0. The number of rotatable bonds is 10. The van der Waals surface area contributed by atoms with Crippen LogP contribution in [0.15, 0.2) is 97.4 Å². The minimum absolute atomic E-state index is 0.0495. The van der Waals surface area contributed by atoms with E-state index in [1.807, 2.05) is 24.3 Å². The van der Waals surface area contributed by atoms with E-state index in [9.17, 15) is 4.79 Å². The van der Waals surface area contributed by atoms with Crippen LogP contribution in [0.2, 0.25) is 0 Å². The molecule has 0 saturated carbocycles. The molecule has 0 aliphatic carbocycles. The molecule has 2 heterocycles. The number of hydrogen-bond acceptors (Lipinski definition) is 4. The Morgan fingerprint density at radius 1 is 0.886 bits per heavy atom. The molecule has 1 aliphatic rings. The van der Waals surface area contributed by atoms with Gasteiger partial charge in [-0.2, -0.15) is 0 Å². The van der Waals surface area contributed by atoms with Crippen LogP contribution in [0.1, 0.15) is 18.4 Å². The van der Waals surface area contributed by atoms with Gasteiger partial charge in [-0.15, -0.1) is 0 Å². The summed E-state index contributed by atoms with van der Waals surface area (Å²) < 4.78 is 0. The zero-order chi connectivity index (χ0) is 24.1. The lowest BCUT2D eigenvalue weighted by atomic mass is 10.0. The largest absolute Gasteiger partial charge is 0.368 e. The number of amides is 1. The summed E-state index contributed by atoms with van der Waals surface area (Å²) >= 11 is 0. The fourth-order valence-electron chi connectivity index (χ4n) is 4.34. The molecule has 5 heteroatoms. The van der Waals surface area contributed by atoms with Gasteiger partial charge in [0.05, 0.1) is 0 Å². The molecule has 4 rings (SSSR count). The number of benzene rings is 2. The summed E-state index contributed by atoms with van der Waals surface area (Å²) in [6.45, 7) is 6.01. The number of piperazine rings is 1. The van der Waals surface area contributed by atoms with Crippen LogP contribution in [0.3, 0.4) is 0 Å². The Labute approximate surface area is 208 Å². The van der Waals surface area contributed by atoms with Gasteiger partial charge in [0.25, 0.3) is 0 Å². The van der Waals surface area contributed by atoms with Crippen molar-refractivity contribution in [1.82, 2.24) is 15.2 Å². The van der Waals surface area contributed by atoms with E-state index in [1.54, 1.807) is 24.5 Å². The van der Waals surface area contributed by atoms with Crippen molar-refractivity contribution in [3.8, 4) is 11.1 Å². The van der Waals surface area contributed by atoms with E-state index in [0.29, 0.717) is 6.54 Å². The van der Waals surface area contributed by atoms with Crippen molar-refractivity contribution in [3.05, 3.63) is 103 Å². The smallest absolute Gasteiger partial charge is 0.243 e. The van der Waals surface area contributed by atoms with Gasteiger partial charge in [0.1, 0.15) is 0 Å². The highest BCUT2D eigenvalue weighted by molar-refractivity contribution is 5.87. The zero-order valence-corrected chi connectivity index (χ0v) is 20.2. The van der Waals surface area contributed by atoms with Gasteiger partial charge >= 0.3 is 0 Å². The van der Waals surface area contributed by atoms with Crippen molar-refractivity contribution in [3.63, 3.8) is 0 Å². The number of hydrogen-bond donors (Lipinski definition) is 1. The highest BCUT2D eigenvalue weighted by Crippen LogP contribution is 2.31. The Balaban J connectivity index is 1.13. The second-order valence-electron chi connectivity index (χ2n) is 8.71. The van der Waals surface area contributed by atoms with E-state index in [2.05, 4.69) is 74.7 Å². The highest BCUT2D eigenvalue weighted by Gasteiger charge is 2.19. The molecule has 35 heavy (non-hydrogen) atoms. The van der Waals surface area contributed by atoms with Crippen LogP contribution >= 0.6 is 0 Å². The van der Waals surface area contributed by atoms with Crippen molar-refractivity contribution >= 4 is 17.7 Å². The van der Waals surface area contributed by atoms with E-state index in [4.69, 9.17) is 0 Å². The predicted molar refractivity (Wildman–Crippen MR) is 145 cm³/mol. The average Bonchev–Trinajstić information content (AvgIpc) is 2.92. The Hall–Kier alpha value is -3.70. The predicted octanol–water partition coefficient (Wildman–Crippen LogP) is 5.04. The molecule has 1 N–H and O–H groups in total. The van der Waals surface area contributed by atoms with E-state index >= 15 is 0 Å².